The van der Waals surface area contributed by atoms with Crippen LogP contribution in [-0.4, -0.2) is 22.2 Å². The van der Waals surface area contributed by atoms with E-state index >= 15 is 0 Å². The van der Waals surface area contributed by atoms with Crippen LogP contribution in [0.3, 0.4) is 0 Å². The van der Waals surface area contributed by atoms with E-state index in [-0.39, 0.29) is 0 Å². The molecule has 34 heavy (non-hydrogen) atoms. The summed E-state index contributed by atoms with van der Waals surface area (Å²) in [5.41, 5.74) is 0. The second kappa shape index (κ2) is 27.7. The number of carboxylic acids is 2. The summed E-state index contributed by atoms with van der Waals surface area (Å²) >= 11 is 0. The van der Waals surface area contributed by atoms with Crippen molar-refractivity contribution in [1.82, 2.24) is 0 Å². The average Bonchev–Trinajstić information content (AvgIpc) is 2.80. The van der Waals surface area contributed by atoms with Crippen LogP contribution < -0.4 is 0 Å². The number of hydrogen-bond donors (Lipinski definition) is 2. The van der Waals surface area contributed by atoms with Crippen LogP contribution in [0.5, 0.6) is 0 Å². The van der Waals surface area contributed by atoms with Crippen molar-refractivity contribution in [1.29, 1.82) is 0 Å². The lowest BCUT2D eigenvalue weighted by atomic mass is 10.0. The van der Waals surface area contributed by atoms with E-state index in [1.54, 1.807) is 12.2 Å². The predicted octanol–water partition coefficient (Wildman–Crippen LogP) is 9.63. The zero-order valence-electron chi connectivity index (χ0n) is 22.0. The number of allylic oxidation sites excluding steroid dienone is 2. The van der Waals surface area contributed by atoms with Crippen LogP contribution in [0.1, 0.15) is 154 Å². The smallest absolute Gasteiger partial charge is 0.327 e. The number of aliphatic carboxylic acids is 2. The zero-order chi connectivity index (χ0) is 25.0. The Balaban J connectivity index is 3.08. The zero-order valence-corrected chi connectivity index (χ0v) is 22.0. The number of hydrogen-bond acceptors (Lipinski definition) is 2. The first-order chi connectivity index (χ1) is 16.6. The molecule has 4 heteroatoms. The van der Waals surface area contributed by atoms with Crippen LogP contribution in [0.15, 0.2) is 24.3 Å². The Morgan fingerprint density at radius 3 is 0.706 bits per heavy atom. The Labute approximate surface area is 210 Å². The van der Waals surface area contributed by atoms with E-state index in [0.717, 1.165) is 25.7 Å². The van der Waals surface area contributed by atoms with Gasteiger partial charge in [-0.25, -0.2) is 9.59 Å². The molecule has 0 unspecified atom stereocenters. The largest absolute Gasteiger partial charge is 0.478 e. The van der Waals surface area contributed by atoms with Crippen LogP contribution in [0.4, 0.5) is 0 Å². The summed E-state index contributed by atoms with van der Waals surface area (Å²) in [6.45, 7) is 0. The first kappa shape index (κ1) is 32.4. The van der Waals surface area contributed by atoms with Crippen molar-refractivity contribution in [2.45, 2.75) is 154 Å². The number of carboxylic acid groups (broad SMARTS) is 2. The van der Waals surface area contributed by atoms with Gasteiger partial charge in [0, 0.05) is 12.2 Å². The number of carbonyl (C=O) groups is 2. The van der Waals surface area contributed by atoms with Crippen molar-refractivity contribution < 1.29 is 19.8 Å². The van der Waals surface area contributed by atoms with Gasteiger partial charge in [-0.2, -0.15) is 0 Å². The molecule has 198 valence electrons. The highest BCUT2D eigenvalue weighted by Crippen LogP contribution is 2.15. The van der Waals surface area contributed by atoms with Crippen molar-refractivity contribution in [3.63, 3.8) is 0 Å². The van der Waals surface area contributed by atoms with E-state index in [2.05, 4.69) is 0 Å². The van der Waals surface area contributed by atoms with Crippen LogP contribution in [0.25, 0.3) is 0 Å². The lowest BCUT2D eigenvalue weighted by Crippen LogP contribution is -1.86. The van der Waals surface area contributed by atoms with Crippen molar-refractivity contribution in [2.24, 2.45) is 0 Å². The van der Waals surface area contributed by atoms with Gasteiger partial charge < -0.3 is 10.2 Å². The van der Waals surface area contributed by atoms with E-state index < -0.39 is 11.9 Å². The van der Waals surface area contributed by atoms with Gasteiger partial charge in [-0.3, -0.25) is 0 Å². The summed E-state index contributed by atoms with van der Waals surface area (Å²) in [5.74, 6) is -1.68. The van der Waals surface area contributed by atoms with E-state index in [1.165, 1.54) is 141 Å². The quantitative estimate of drug-likeness (QED) is 0.0910. The SMILES string of the molecule is O=C(O)C=CCCCCCCCCCCCCCCCCCCCCCCCCC=CC(=O)O. The molecule has 0 aromatic carbocycles. The third-order valence-corrected chi connectivity index (χ3v) is 6.51. The molecule has 0 spiro atoms. The fourth-order valence-electron chi connectivity index (χ4n) is 4.43. The Kier molecular flexibility index (Phi) is 26.4. The molecule has 0 radical (unpaired) electrons. The van der Waals surface area contributed by atoms with Gasteiger partial charge in [0.05, 0.1) is 0 Å². The minimum atomic E-state index is -0.840. The minimum Gasteiger partial charge on any atom is -0.478 e. The fraction of sp³-hybridized carbons (Fsp3) is 0.800. The third kappa shape index (κ3) is 30.4. The van der Waals surface area contributed by atoms with Gasteiger partial charge in [0.2, 0.25) is 0 Å². The standard InChI is InChI=1S/C30H54O4/c31-29(32)27-25-23-21-19-17-15-13-11-9-7-5-3-1-2-4-6-8-10-12-14-16-18-20-22-24-26-28-30(33)34/h25-28H,1-24H2,(H,31,32)(H,33,34). The molecule has 0 atom stereocenters. The van der Waals surface area contributed by atoms with Crippen LogP contribution in [-0.2, 0) is 9.59 Å². The Bertz CT molecular complexity index is 464. The fourth-order valence-corrected chi connectivity index (χ4v) is 4.43. The lowest BCUT2D eigenvalue weighted by molar-refractivity contribution is -0.132. The highest BCUT2D eigenvalue weighted by atomic mass is 16.4. The van der Waals surface area contributed by atoms with Gasteiger partial charge in [0.15, 0.2) is 0 Å². The van der Waals surface area contributed by atoms with Crippen LogP contribution in [0, 0.1) is 0 Å². The molecule has 0 aromatic rings. The monoisotopic (exact) mass is 478 g/mol. The molecular weight excluding hydrogens is 424 g/mol. The first-order valence-corrected chi connectivity index (χ1v) is 14.4. The second-order valence-electron chi connectivity index (χ2n) is 9.84. The second-order valence-corrected chi connectivity index (χ2v) is 9.84. The molecule has 0 heterocycles. The van der Waals surface area contributed by atoms with Gasteiger partial charge in [-0.05, 0) is 25.7 Å². The molecule has 0 saturated heterocycles. The molecule has 0 aromatic heterocycles. The van der Waals surface area contributed by atoms with E-state index in [1.807, 2.05) is 0 Å². The molecule has 0 saturated carbocycles. The molecule has 0 aliphatic heterocycles. The summed E-state index contributed by atoms with van der Waals surface area (Å²) in [4.78, 5) is 20.7. The molecular formula is C30H54O4. The lowest BCUT2D eigenvalue weighted by Gasteiger charge is -2.04. The Morgan fingerprint density at radius 2 is 0.529 bits per heavy atom. The molecule has 2 N–H and O–H groups in total. The molecule has 0 aliphatic rings. The third-order valence-electron chi connectivity index (χ3n) is 6.51. The molecule has 4 nitrogen and oxygen atoms in total. The average molecular weight is 479 g/mol. The topological polar surface area (TPSA) is 74.6 Å². The minimum absolute atomic E-state index is 0.840. The Morgan fingerprint density at radius 1 is 0.353 bits per heavy atom. The van der Waals surface area contributed by atoms with E-state index in [4.69, 9.17) is 10.2 Å². The predicted molar refractivity (Wildman–Crippen MR) is 144 cm³/mol. The summed E-state index contributed by atoms with van der Waals surface area (Å²) in [6, 6.07) is 0. The maximum absolute atomic E-state index is 10.4. The van der Waals surface area contributed by atoms with Gasteiger partial charge in [0.25, 0.3) is 0 Å². The summed E-state index contributed by atoms with van der Waals surface area (Å²) < 4.78 is 0. The van der Waals surface area contributed by atoms with Crippen LogP contribution in [0.2, 0.25) is 0 Å². The van der Waals surface area contributed by atoms with E-state index in [0.29, 0.717) is 0 Å². The summed E-state index contributed by atoms with van der Waals surface area (Å²) in [7, 11) is 0. The van der Waals surface area contributed by atoms with Crippen molar-refractivity contribution >= 4 is 11.9 Å². The Hall–Kier alpha value is -1.58. The van der Waals surface area contributed by atoms with Crippen LogP contribution >= 0.6 is 0 Å². The van der Waals surface area contributed by atoms with Gasteiger partial charge >= 0.3 is 11.9 Å². The normalized spacial score (nSPS) is 11.6. The maximum Gasteiger partial charge on any atom is 0.327 e. The van der Waals surface area contributed by atoms with E-state index in [9.17, 15) is 9.59 Å². The van der Waals surface area contributed by atoms with Gasteiger partial charge in [-0.15, -0.1) is 0 Å². The summed E-state index contributed by atoms with van der Waals surface area (Å²) in [5, 5.41) is 17.0. The number of rotatable bonds is 27. The first-order valence-electron chi connectivity index (χ1n) is 14.4. The highest BCUT2D eigenvalue weighted by Gasteiger charge is 1.96. The molecule has 0 bridgehead atoms. The van der Waals surface area contributed by atoms with Gasteiger partial charge in [-0.1, -0.05) is 141 Å². The highest BCUT2D eigenvalue weighted by molar-refractivity contribution is 5.79. The maximum atomic E-state index is 10.4. The van der Waals surface area contributed by atoms with Gasteiger partial charge in [0.1, 0.15) is 0 Å². The summed E-state index contributed by atoms with van der Waals surface area (Å²) in [6.07, 6.45) is 37.3. The molecule has 0 rings (SSSR count). The van der Waals surface area contributed by atoms with Crippen molar-refractivity contribution in [3.8, 4) is 0 Å². The molecule has 0 aliphatic carbocycles. The van der Waals surface area contributed by atoms with Crippen molar-refractivity contribution in [2.75, 3.05) is 0 Å². The van der Waals surface area contributed by atoms with Crippen molar-refractivity contribution in [3.05, 3.63) is 24.3 Å². The molecule has 0 fully saturated rings. The molecule has 0 amide bonds. The number of unbranched alkanes of at least 4 members (excludes halogenated alkanes) is 23.